The molecule has 1 saturated carbocycles. The van der Waals surface area contributed by atoms with Crippen molar-refractivity contribution in [3.8, 4) is 0 Å². The van der Waals surface area contributed by atoms with E-state index in [-0.39, 0.29) is 23.3 Å². The number of amides is 1. The maximum atomic E-state index is 11.9. The van der Waals surface area contributed by atoms with Crippen LogP contribution in [0.4, 0.5) is 0 Å². The van der Waals surface area contributed by atoms with Gasteiger partial charge in [0, 0.05) is 13.0 Å². The summed E-state index contributed by atoms with van der Waals surface area (Å²) in [5, 5.41) is 5.83. The Labute approximate surface area is 104 Å². The highest BCUT2D eigenvalue weighted by Crippen LogP contribution is 2.46. The number of carbonyl (C=O) groups excluding carboxylic acids is 1. The number of hydrogen-bond acceptors (Lipinski definition) is 2. The first-order valence-electron chi connectivity index (χ1n) is 6.11. The van der Waals surface area contributed by atoms with E-state index in [2.05, 4.69) is 37.6 Å². The first-order chi connectivity index (χ1) is 7.85. The predicted octanol–water partition coefficient (Wildman–Crippen LogP) is 1.87. The number of likely N-dealkylation sites (N-methyl/N-ethyl adjacent to an activating group) is 2. The largest absolute Gasteiger partial charge is 0.358 e. The Morgan fingerprint density at radius 1 is 1.41 bits per heavy atom. The second kappa shape index (κ2) is 5.05. The van der Waals surface area contributed by atoms with Gasteiger partial charge in [-0.05, 0) is 30.9 Å². The van der Waals surface area contributed by atoms with Crippen molar-refractivity contribution in [2.75, 3.05) is 14.1 Å². The number of hydrogen-bond donors (Lipinski definition) is 2. The van der Waals surface area contributed by atoms with E-state index < -0.39 is 0 Å². The molecule has 17 heavy (non-hydrogen) atoms. The van der Waals surface area contributed by atoms with Crippen LogP contribution in [0.15, 0.2) is 24.3 Å². The molecule has 0 radical (unpaired) electrons. The molecule has 0 aliphatic heterocycles. The lowest BCUT2D eigenvalue weighted by molar-refractivity contribution is -0.124. The zero-order valence-electron chi connectivity index (χ0n) is 11.4. The van der Waals surface area contributed by atoms with Crippen molar-refractivity contribution in [2.24, 2.45) is 11.3 Å². The van der Waals surface area contributed by atoms with Gasteiger partial charge in [-0.2, -0.15) is 0 Å². The second-order valence-corrected chi connectivity index (χ2v) is 5.48. The normalized spacial score (nSPS) is 25.5. The Kier molecular flexibility index (Phi) is 4.15. The van der Waals surface area contributed by atoms with Gasteiger partial charge < -0.3 is 10.6 Å². The van der Waals surface area contributed by atoms with Crippen LogP contribution in [0.5, 0.6) is 0 Å². The molecule has 1 aliphatic rings. The van der Waals surface area contributed by atoms with E-state index in [0.717, 1.165) is 24.0 Å². The van der Waals surface area contributed by atoms with Crippen LogP contribution >= 0.6 is 0 Å². The van der Waals surface area contributed by atoms with Crippen molar-refractivity contribution in [2.45, 2.75) is 32.7 Å². The van der Waals surface area contributed by atoms with E-state index >= 15 is 0 Å². The first-order valence-corrected chi connectivity index (χ1v) is 6.11. The van der Waals surface area contributed by atoms with Gasteiger partial charge in [-0.25, -0.2) is 0 Å². The van der Waals surface area contributed by atoms with E-state index in [1.54, 1.807) is 7.05 Å². The number of carbonyl (C=O) groups is 1. The first kappa shape index (κ1) is 14.0. The molecule has 2 atom stereocenters. The third-order valence-electron chi connectivity index (χ3n) is 3.92. The molecule has 0 aromatic carbocycles. The quantitative estimate of drug-likeness (QED) is 0.785. The molecule has 3 nitrogen and oxygen atoms in total. The molecule has 1 fully saturated rings. The molecule has 0 aromatic rings. The maximum Gasteiger partial charge on any atom is 0.237 e. The molecule has 3 heteroatoms. The summed E-state index contributed by atoms with van der Waals surface area (Å²) in [6.45, 7) is 12.6. The Hall–Kier alpha value is -1.09. The van der Waals surface area contributed by atoms with Crippen molar-refractivity contribution in [1.82, 2.24) is 10.6 Å². The minimum atomic E-state index is -0.237. The van der Waals surface area contributed by atoms with Gasteiger partial charge in [0.25, 0.3) is 0 Å². The summed E-state index contributed by atoms with van der Waals surface area (Å²) in [4.78, 5) is 11.9. The minimum absolute atomic E-state index is 0.0152. The summed E-state index contributed by atoms with van der Waals surface area (Å²) in [7, 11) is 3.49. The standard InChI is InChI=1S/C14H24N2O/c1-9-7-8-14(3,4)11(10(9)2)12(15-5)13(17)16-6/h11-12,15H,1-2,7-8H2,3-6H3,(H,16,17)/t11?,12-/m0/s1. The van der Waals surface area contributed by atoms with Gasteiger partial charge in [0.2, 0.25) is 5.91 Å². The molecule has 1 unspecified atom stereocenters. The van der Waals surface area contributed by atoms with Gasteiger partial charge in [0.1, 0.15) is 0 Å². The van der Waals surface area contributed by atoms with E-state index in [1.165, 1.54) is 0 Å². The van der Waals surface area contributed by atoms with Crippen molar-refractivity contribution < 1.29 is 4.79 Å². The number of rotatable bonds is 3. The predicted molar refractivity (Wildman–Crippen MR) is 71.7 cm³/mol. The van der Waals surface area contributed by atoms with Crippen molar-refractivity contribution in [3.63, 3.8) is 0 Å². The summed E-state index contributed by atoms with van der Waals surface area (Å²) >= 11 is 0. The third-order valence-corrected chi connectivity index (χ3v) is 3.92. The van der Waals surface area contributed by atoms with E-state index in [4.69, 9.17) is 0 Å². The smallest absolute Gasteiger partial charge is 0.237 e. The van der Waals surface area contributed by atoms with Crippen LogP contribution in [0.25, 0.3) is 0 Å². The lowest BCUT2D eigenvalue weighted by Gasteiger charge is -2.44. The van der Waals surface area contributed by atoms with Gasteiger partial charge in [-0.15, -0.1) is 0 Å². The molecule has 0 aromatic heterocycles. The summed E-state index contributed by atoms with van der Waals surface area (Å²) in [6, 6.07) is -0.237. The van der Waals surface area contributed by atoms with Gasteiger partial charge in [-0.3, -0.25) is 4.79 Å². The fourth-order valence-corrected chi connectivity index (χ4v) is 2.74. The molecule has 2 N–H and O–H groups in total. The average molecular weight is 236 g/mol. The molecule has 0 saturated heterocycles. The molecule has 1 rings (SSSR count). The van der Waals surface area contributed by atoms with Crippen LogP contribution in [0.2, 0.25) is 0 Å². The lowest BCUT2D eigenvalue weighted by atomic mass is 9.62. The lowest BCUT2D eigenvalue weighted by Crippen LogP contribution is -2.52. The van der Waals surface area contributed by atoms with Crippen LogP contribution in [-0.4, -0.2) is 26.0 Å². The molecule has 96 valence electrons. The molecular weight excluding hydrogens is 212 g/mol. The van der Waals surface area contributed by atoms with E-state index in [9.17, 15) is 4.79 Å². The van der Waals surface area contributed by atoms with Crippen LogP contribution in [0.1, 0.15) is 26.7 Å². The Morgan fingerprint density at radius 3 is 2.47 bits per heavy atom. The summed E-state index contributed by atoms with van der Waals surface area (Å²) in [6.07, 6.45) is 2.03. The van der Waals surface area contributed by atoms with Gasteiger partial charge >= 0.3 is 0 Å². The SMILES string of the molecule is C=C1CCC(C)(C)C([C@H](NC)C(=O)NC)C1=C. The highest BCUT2D eigenvalue weighted by atomic mass is 16.2. The highest BCUT2D eigenvalue weighted by Gasteiger charge is 2.42. The van der Waals surface area contributed by atoms with Crippen LogP contribution in [0, 0.1) is 11.3 Å². The van der Waals surface area contributed by atoms with Crippen LogP contribution < -0.4 is 10.6 Å². The maximum absolute atomic E-state index is 11.9. The summed E-state index contributed by atoms with van der Waals surface area (Å²) < 4.78 is 0. The molecule has 1 amide bonds. The van der Waals surface area contributed by atoms with Crippen LogP contribution in [-0.2, 0) is 4.79 Å². The zero-order chi connectivity index (χ0) is 13.2. The Morgan fingerprint density at radius 2 is 2.00 bits per heavy atom. The highest BCUT2D eigenvalue weighted by molar-refractivity contribution is 5.82. The van der Waals surface area contributed by atoms with Crippen LogP contribution in [0.3, 0.4) is 0 Å². The van der Waals surface area contributed by atoms with Gasteiger partial charge in [0.05, 0.1) is 6.04 Å². The third kappa shape index (κ3) is 2.60. The molecule has 0 heterocycles. The monoisotopic (exact) mass is 236 g/mol. The number of allylic oxidation sites excluding steroid dienone is 1. The fraction of sp³-hybridized carbons (Fsp3) is 0.643. The molecule has 0 bridgehead atoms. The second-order valence-electron chi connectivity index (χ2n) is 5.48. The topological polar surface area (TPSA) is 41.1 Å². The fourth-order valence-electron chi connectivity index (χ4n) is 2.74. The summed E-state index contributed by atoms with van der Waals surface area (Å²) in [5.74, 6) is 0.120. The number of nitrogens with one attached hydrogen (secondary N) is 2. The van der Waals surface area contributed by atoms with E-state index in [1.807, 2.05) is 7.05 Å². The molecule has 1 aliphatic carbocycles. The summed E-state index contributed by atoms with van der Waals surface area (Å²) in [5.41, 5.74) is 2.17. The average Bonchev–Trinajstić information content (AvgIpc) is 2.29. The molecule has 0 spiro atoms. The van der Waals surface area contributed by atoms with Gasteiger partial charge in [-0.1, -0.05) is 32.6 Å². The van der Waals surface area contributed by atoms with Crippen molar-refractivity contribution in [1.29, 1.82) is 0 Å². The van der Waals surface area contributed by atoms with Crippen molar-refractivity contribution >= 4 is 5.91 Å². The van der Waals surface area contributed by atoms with E-state index in [0.29, 0.717) is 0 Å². The zero-order valence-corrected chi connectivity index (χ0v) is 11.4. The van der Waals surface area contributed by atoms with Crippen molar-refractivity contribution in [3.05, 3.63) is 24.3 Å². The molecular formula is C14H24N2O. The minimum Gasteiger partial charge on any atom is -0.358 e. The van der Waals surface area contributed by atoms with Gasteiger partial charge in [0.15, 0.2) is 0 Å². The Bertz CT molecular complexity index is 344. The Balaban J connectivity index is 3.07.